The van der Waals surface area contributed by atoms with Crippen molar-refractivity contribution in [1.29, 1.82) is 0 Å². The van der Waals surface area contributed by atoms with Gasteiger partial charge in [-0.3, -0.25) is 4.68 Å². The van der Waals surface area contributed by atoms with Crippen LogP contribution in [0.3, 0.4) is 0 Å². The molecule has 1 aliphatic carbocycles. The van der Waals surface area contributed by atoms with Crippen molar-refractivity contribution < 1.29 is 0 Å². The van der Waals surface area contributed by atoms with Crippen LogP contribution in [0.4, 0.5) is 0 Å². The van der Waals surface area contributed by atoms with E-state index in [2.05, 4.69) is 41.6 Å². The minimum absolute atomic E-state index is 0.318. The van der Waals surface area contributed by atoms with Gasteiger partial charge in [0.1, 0.15) is 0 Å². The van der Waals surface area contributed by atoms with Crippen LogP contribution in [-0.2, 0) is 13.6 Å². The molecule has 1 fully saturated rings. The predicted molar refractivity (Wildman–Crippen MR) is 74.4 cm³/mol. The van der Waals surface area contributed by atoms with E-state index in [0.29, 0.717) is 5.54 Å². The molecule has 3 nitrogen and oxygen atoms in total. The van der Waals surface area contributed by atoms with Gasteiger partial charge in [-0.25, -0.2) is 0 Å². The third kappa shape index (κ3) is 2.03. The summed E-state index contributed by atoms with van der Waals surface area (Å²) in [6.45, 7) is 3.21. The van der Waals surface area contributed by atoms with Crippen molar-refractivity contribution in [1.82, 2.24) is 15.1 Å². The molecule has 0 spiro atoms. The Balaban J connectivity index is 1.82. The van der Waals surface area contributed by atoms with Crippen molar-refractivity contribution in [3.05, 3.63) is 30.0 Å². The molecule has 0 bridgehead atoms. The molecular formula is C15H21N3. The molecule has 0 saturated heterocycles. The Bertz CT molecular complexity index is 550. The third-order valence-corrected chi connectivity index (χ3v) is 4.22. The van der Waals surface area contributed by atoms with E-state index in [1.807, 2.05) is 11.7 Å². The summed E-state index contributed by atoms with van der Waals surface area (Å²) in [6.07, 6.45) is 5.29. The summed E-state index contributed by atoms with van der Waals surface area (Å²) in [4.78, 5) is 0. The van der Waals surface area contributed by atoms with E-state index < -0.39 is 0 Å². The molecule has 1 aromatic carbocycles. The molecule has 1 aliphatic rings. The Kier molecular flexibility index (Phi) is 2.86. The van der Waals surface area contributed by atoms with Crippen LogP contribution in [0.25, 0.3) is 10.9 Å². The standard InChI is InChI=1S/C15H21N3/c1-15(9-5-6-10-15)16-11-13-12-7-3-4-8-14(12)18(2)17-13/h3-4,7-8,16H,5-6,9-11H2,1-2H3. The zero-order valence-corrected chi connectivity index (χ0v) is 11.2. The lowest BCUT2D eigenvalue weighted by Gasteiger charge is -2.24. The molecule has 0 aliphatic heterocycles. The smallest absolute Gasteiger partial charge is 0.0841 e. The molecule has 0 unspecified atom stereocenters. The number of fused-ring (bicyclic) bond motifs is 1. The molecule has 0 amide bonds. The first-order valence-electron chi connectivity index (χ1n) is 6.84. The maximum Gasteiger partial charge on any atom is 0.0841 e. The van der Waals surface area contributed by atoms with Gasteiger partial charge in [-0.2, -0.15) is 5.10 Å². The highest BCUT2D eigenvalue weighted by Crippen LogP contribution is 2.29. The van der Waals surface area contributed by atoms with Gasteiger partial charge < -0.3 is 5.32 Å². The van der Waals surface area contributed by atoms with Gasteiger partial charge in [0.25, 0.3) is 0 Å². The lowest BCUT2D eigenvalue weighted by molar-refractivity contribution is 0.360. The second-order valence-electron chi connectivity index (χ2n) is 5.71. The SMILES string of the molecule is Cn1nc(CNC2(C)CCCC2)c2ccccc21. The van der Waals surface area contributed by atoms with Crippen LogP contribution in [-0.4, -0.2) is 15.3 Å². The second-order valence-corrected chi connectivity index (χ2v) is 5.71. The van der Waals surface area contributed by atoms with Gasteiger partial charge in [0.15, 0.2) is 0 Å². The van der Waals surface area contributed by atoms with Crippen LogP contribution >= 0.6 is 0 Å². The maximum atomic E-state index is 4.64. The summed E-state index contributed by atoms with van der Waals surface area (Å²) in [7, 11) is 2.02. The average Bonchev–Trinajstić information content (AvgIpc) is 2.94. The summed E-state index contributed by atoms with van der Waals surface area (Å²) < 4.78 is 1.98. The molecule has 96 valence electrons. The predicted octanol–water partition coefficient (Wildman–Crippen LogP) is 3.00. The number of benzene rings is 1. The van der Waals surface area contributed by atoms with Gasteiger partial charge in [-0.1, -0.05) is 31.0 Å². The first-order chi connectivity index (χ1) is 8.68. The molecular weight excluding hydrogens is 222 g/mol. The van der Waals surface area contributed by atoms with E-state index >= 15 is 0 Å². The summed E-state index contributed by atoms with van der Waals surface area (Å²) in [5.74, 6) is 0. The Morgan fingerprint density at radius 2 is 2.00 bits per heavy atom. The number of rotatable bonds is 3. The van der Waals surface area contributed by atoms with Crippen molar-refractivity contribution in [2.24, 2.45) is 7.05 Å². The highest BCUT2D eigenvalue weighted by molar-refractivity contribution is 5.81. The molecule has 18 heavy (non-hydrogen) atoms. The number of aryl methyl sites for hydroxylation is 1. The fourth-order valence-electron chi connectivity index (χ4n) is 3.05. The molecule has 3 heteroatoms. The molecule has 1 N–H and O–H groups in total. The number of nitrogens with zero attached hydrogens (tertiary/aromatic N) is 2. The van der Waals surface area contributed by atoms with Crippen LogP contribution in [0.5, 0.6) is 0 Å². The van der Waals surface area contributed by atoms with Gasteiger partial charge in [-0.05, 0) is 25.8 Å². The molecule has 2 aromatic rings. The van der Waals surface area contributed by atoms with E-state index in [0.717, 1.165) is 6.54 Å². The monoisotopic (exact) mass is 243 g/mol. The first-order valence-corrected chi connectivity index (χ1v) is 6.84. The quantitative estimate of drug-likeness (QED) is 0.898. The lowest BCUT2D eigenvalue weighted by atomic mass is 10.0. The normalized spacial score (nSPS) is 18.6. The average molecular weight is 243 g/mol. The van der Waals surface area contributed by atoms with Gasteiger partial charge in [0, 0.05) is 24.5 Å². The number of nitrogens with one attached hydrogen (secondary N) is 1. The van der Waals surface area contributed by atoms with Crippen LogP contribution in [0.1, 0.15) is 38.3 Å². The minimum atomic E-state index is 0.318. The number of hydrogen-bond donors (Lipinski definition) is 1. The van der Waals surface area contributed by atoms with Crippen LogP contribution in [0, 0.1) is 0 Å². The van der Waals surface area contributed by atoms with Crippen LogP contribution in [0.15, 0.2) is 24.3 Å². The summed E-state index contributed by atoms with van der Waals surface area (Å²) >= 11 is 0. The highest BCUT2D eigenvalue weighted by atomic mass is 15.3. The van der Waals surface area contributed by atoms with Crippen molar-refractivity contribution in [2.75, 3.05) is 0 Å². The van der Waals surface area contributed by atoms with Gasteiger partial charge in [0.05, 0.1) is 11.2 Å². The minimum Gasteiger partial charge on any atom is -0.306 e. The van der Waals surface area contributed by atoms with Gasteiger partial charge in [-0.15, -0.1) is 0 Å². The lowest BCUT2D eigenvalue weighted by Crippen LogP contribution is -2.38. The zero-order chi connectivity index (χ0) is 12.6. The molecule has 0 atom stereocenters. The van der Waals surface area contributed by atoms with E-state index in [9.17, 15) is 0 Å². The molecule has 1 saturated carbocycles. The Hall–Kier alpha value is -1.35. The number of para-hydroxylation sites is 1. The van der Waals surface area contributed by atoms with Crippen LogP contribution < -0.4 is 5.32 Å². The molecule has 0 radical (unpaired) electrons. The highest BCUT2D eigenvalue weighted by Gasteiger charge is 2.28. The molecule has 1 heterocycles. The van der Waals surface area contributed by atoms with Crippen molar-refractivity contribution in [3.8, 4) is 0 Å². The Morgan fingerprint density at radius 3 is 2.78 bits per heavy atom. The van der Waals surface area contributed by atoms with Crippen molar-refractivity contribution in [3.63, 3.8) is 0 Å². The van der Waals surface area contributed by atoms with E-state index in [4.69, 9.17) is 0 Å². The zero-order valence-electron chi connectivity index (χ0n) is 11.2. The Labute approximate surface area is 108 Å². The van der Waals surface area contributed by atoms with Gasteiger partial charge in [0.2, 0.25) is 0 Å². The summed E-state index contributed by atoms with van der Waals surface area (Å²) in [6, 6.07) is 8.45. The van der Waals surface area contributed by atoms with Crippen molar-refractivity contribution >= 4 is 10.9 Å². The van der Waals surface area contributed by atoms with Crippen molar-refractivity contribution in [2.45, 2.75) is 44.7 Å². The molecule has 3 rings (SSSR count). The van der Waals surface area contributed by atoms with Gasteiger partial charge >= 0.3 is 0 Å². The Morgan fingerprint density at radius 1 is 1.28 bits per heavy atom. The summed E-state index contributed by atoms with van der Waals surface area (Å²) in [5.41, 5.74) is 2.70. The molecule has 1 aromatic heterocycles. The number of aromatic nitrogens is 2. The van der Waals surface area contributed by atoms with E-state index in [1.54, 1.807) is 0 Å². The second kappa shape index (κ2) is 4.39. The topological polar surface area (TPSA) is 29.9 Å². The summed E-state index contributed by atoms with van der Waals surface area (Å²) in [5, 5.41) is 9.61. The fraction of sp³-hybridized carbons (Fsp3) is 0.533. The van der Waals surface area contributed by atoms with E-state index in [-0.39, 0.29) is 0 Å². The maximum absolute atomic E-state index is 4.64. The largest absolute Gasteiger partial charge is 0.306 e. The third-order valence-electron chi connectivity index (χ3n) is 4.22. The van der Waals surface area contributed by atoms with Crippen LogP contribution in [0.2, 0.25) is 0 Å². The first kappa shape index (κ1) is 11.7. The fourth-order valence-corrected chi connectivity index (χ4v) is 3.05. The van der Waals surface area contributed by atoms with E-state index in [1.165, 1.54) is 42.3 Å². The number of hydrogen-bond acceptors (Lipinski definition) is 2.